The van der Waals surface area contributed by atoms with E-state index in [-0.39, 0.29) is 0 Å². The molecule has 0 radical (unpaired) electrons. The third kappa shape index (κ3) is 5.08. The molecule has 0 aliphatic rings. The van der Waals surface area contributed by atoms with E-state index in [1.54, 1.807) is 24.3 Å². The van der Waals surface area contributed by atoms with Gasteiger partial charge >= 0.3 is 5.97 Å². The van der Waals surface area contributed by atoms with Crippen molar-refractivity contribution >= 4 is 11.9 Å². The van der Waals surface area contributed by atoms with Gasteiger partial charge in [-0.25, -0.2) is 4.79 Å². The van der Waals surface area contributed by atoms with Crippen molar-refractivity contribution in [2.24, 2.45) is 0 Å². The number of nitrogens with one attached hydrogen (secondary N) is 1. The second-order valence-electron chi connectivity index (χ2n) is 6.51. The van der Waals surface area contributed by atoms with E-state index in [2.05, 4.69) is 5.32 Å². The second-order valence-corrected chi connectivity index (χ2v) is 6.51. The molecule has 29 heavy (non-hydrogen) atoms. The minimum absolute atomic E-state index is 0.309. The van der Waals surface area contributed by atoms with Crippen molar-refractivity contribution in [1.82, 2.24) is 5.32 Å². The Balaban J connectivity index is 1.72. The highest BCUT2D eigenvalue weighted by atomic mass is 16.5. The highest BCUT2D eigenvalue weighted by Gasteiger charge is 2.22. The van der Waals surface area contributed by atoms with Crippen molar-refractivity contribution in [2.45, 2.75) is 12.5 Å². The molecular weight excluding hydrogens is 364 g/mol. The lowest BCUT2D eigenvalue weighted by Crippen LogP contribution is -2.43. The maximum atomic E-state index is 12.5. The molecule has 0 saturated heterocycles. The standard InChI is InChI=1S/C24H20N2O3/c1-29-24(28)22(26-23(27)21-13-9-18(16-25)10-14-21)15-17-7-11-20(12-8-17)19-5-3-2-4-6-19/h2-14,22H,15H2,1H3,(H,26,27)/t22-/m0/s1. The lowest BCUT2D eigenvalue weighted by atomic mass is 10.0. The number of rotatable bonds is 6. The lowest BCUT2D eigenvalue weighted by molar-refractivity contribution is -0.142. The summed E-state index contributed by atoms with van der Waals surface area (Å²) in [4.78, 5) is 24.7. The summed E-state index contributed by atoms with van der Waals surface area (Å²) in [5, 5.41) is 11.6. The number of carbonyl (C=O) groups is 2. The molecule has 3 aromatic rings. The van der Waals surface area contributed by atoms with Crippen LogP contribution < -0.4 is 5.32 Å². The highest BCUT2D eigenvalue weighted by Crippen LogP contribution is 2.20. The molecule has 5 nitrogen and oxygen atoms in total. The van der Waals surface area contributed by atoms with Crippen LogP contribution in [0.5, 0.6) is 0 Å². The maximum Gasteiger partial charge on any atom is 0.328 e. The Labute approximate surface area is 169 Å². The van der Waals surface area contributed by atoms with Crippen LogP contribution in [0.15, 0.2) is 78.9 Å². The first-order valence-corrected chi connectivity index (χ1v) is 9.14. The molecule has 0 saturated carbocycles. The van der Waals surface area contributed by atoms with Gasteiger partial charge in [0.15, 0.2) is 0 Å². The molecule has 1 atom stereocenters. The van der Waals surface area contributed by atoms with Gasteiger partial charge in [0.2, 0.25) is 0 Å². The van der Waals surface area contributed by atoms with Crippen LogP contribution in [0.4, 0.5) is 0 Å². The smallest absolute Gasteiger partial charge is 0.328 e. The highest BCUT2D eigenvalue weighted by molar-refractivity contribution is 5.96. The van der Waals surface area contributed by atoms with E-state index in [4.69, 9.17) is 10.00 Å². The first kappa shape index (κ1) is 19.8. The van der Waals surface area contributed by atoms with Crippen LogP contribution in [0, 0.1) is 11.3 Å². The third-order valence-electron chi connectivity index (χ3n) is 4.57. The lowest BCUT2D eigenvalue weighted by Gasteiger charge is -2.17. The maximum absolute atomic E-state index is 12.5. The average molecular weight is 384 g/mol. The predicted molar refractivity (Wildman–Crippen MR) is 110 cm³/mol. The molecule has 0 aliphatic carbocycles. The van der Waals surface area contributed by atoms with Gasteiger partial charge in [0.1, 0.15) is 6.04 Å². The number of hydrogen-bond acceptors (Lipinski definition) is 4. The first-order chi connectivity index (χ1) is 14.1. The quantitative estimate of drug-likeness (QED) is 0.657. The summed E-state index contributed by atoms with van der Waals surface area (Å²) < 4.78 is 4.85. The molecule has 0 bridgehead atoms. The second kappa shape index (κ2) is 9.34. The molecule has 3 aromatic carbocycles. The van der Waals surface area contributed by atoms with Gasteiger partial charge in [-0.15, -0.1) is 0 Å². The Bertz CT molecular complexity index is 1020. The Morgan fingerprint density at radius 3 is 2.14 bits per heavy atom. The Kier molecular flexibility index (Phi) is 6.39. The molecular formula is C24H20N2O3. The molecule has 5 heteroatoms. The van der Waals surface area contributed by atoms with Gasteiger partial charge in [-0.3, -0.25) is 4.79 Å². The molecule has 3 rings (SSSR count). The number of ether oxygens (including phenoxy) is 1. The summed E-state index contributed by atoms with van der Waals surface area (Å²) in [7, 11) is 1.29. The number of hydrogen-bond donors (Lipinski definition) is 1. The van der Waals surface area contributed by atoms with Crippen LogP contribution in [-0.2, 0) is 16.0 Å². The summed E-state index contributed by atoms with van der Waals surface area (Å²) in [5.74, 6) is -0.912. The fourth-order valence-corrected chi connectivity index (χ4v) is 2.97. The fourth-order valence-electron chi connectivity index (χ4n) is 2.97. The topological polar surface area (TPSA) is 79.2 Å². The number of benzene rings is 3. The summed E-state index contributed by atoms with van der Waals surface area (Å²) in [6.45, 7) is 0. The largest absolute Gasteiger partial charge is 0.467 e. The minimum Gasteiger partial charge on any atom is -0.467 e. The SMILES string of the molecule is COC(=O)[C@H](Cc1ccc(-c2ccccc2)cc1)NC(=O)c1ccc(C#N)cc1. The Hall–Kier alpha value is -3.91. The number of nitriles is 1. The summed E-state index contributed by atoms with van der Waals surface area (Å²) >= 11 is 0. The van der Waals surface area contributed by atoms with Gasteiger partial charge in [-0.2, -0.15) is 5.26 Å². The molecule has 1 amide bonds. The van der Waals surface area contributed by atoms with Crippen molar-refractivity contribution < 1.29 is 14.3 Å². The van der Waals surface area contributed by atoms with Gasteiger partial charge in [0.25, 0.3) is 5.91 Å². The van der Waals surface area contributed by atoms with Crippen molar-refractivity contribution in [1.29, 1.82) is 5.26 Å². The van der Waals surface area contributed by atoms with Crippen LogP contribution in [0.3, 0.4) is 0 Å². The van der Waals surface area contributed by atoms with Gasteiger partial charge in [0, 0.05) is 12.0 Å². The molecule has 144 valence electrons. The van der Waals surface area contributed by atoms with E-state index in [9.17, 15) is 9.59 Å². The predicted octanol–water partition coefficient (Wildman–Crippen LogP) is 3.74. The van der Waals surface area contributed by atoms with Gasteiger partial charge in [-0.05, 0) is 41.0 Å². The van der Waals surface area contributed by atoms with E-state index >= 15 is 0 Å². The zero-order chi connectivity index (χ0) is 20.6. The van der Waals surface area contributed by atoms with E-state index < -0.39 is 17.9 Å². The zero-order valence-corrected chi connectivity index (χ0v) is 16.0. The van der Waals surface area contributed by atoms with Gasteiger partial charge in [0.05, 0.1) is 18.7 Å². The van der Waals surface area contributed by atoms with Crippen molar-refractivity contribution in [3.05, 3.63) is 95.6 Å². The average Bonchev–Trinajstić information content (AvgIpc) is 2.79. The van der Waals surface area contributed by atoms with Crippen molar-refractivity contribution in [3.8, 4) is 17.2 Å². The Morgan fingerprint density at radius 2 is 1.55 bits per heavy atom. The van der Waals surface area contributed by atoms with Crippen LogP contribution in [0.2, 0.25) is 0 Å². The molecule has 0 fully saturated rings. The van der Waals surface area contributed by atoms with E-state index in [1.165, 1.54) is 7.11 Å². The van der Waals surface area contributed by atoms with Gasteiger partial charge in [-0.1, -0.05) is 54.6 Å². The number of methoxy groups -OCH3 is 1. The molecule has 0 heterocycles. The summed E-state index contributed by atoms with van der Waals surface area (Å²) in [6, 6.07) is 25.3. The number of esters is 1. The van der Waals surface area contributed by atoms with Crippen molar-refractivity contribution in [3.63, 3.8) is 0 Å². The van der Waals surface area contributed by atoms with E-state index in [1.807, 2.05) is 60.7 Å². The minimum atomic E-state index is -0.814. The monoisotopic (exact) mass is 384 g/mol. The first-order valence-electron chi connectivity index (χ1n) is 9.14. The van der Waals surface area contributed by atoms with Crippen LogP contribution >= 0.6 is 0 Å². The van der Waals surface area contributed by atoms with E-state index in [0.717, 1.165) is 16.7 Å². The third-order valence-corrected chi connectivity index (χ3v) is 4.57. The number of nitrogens with zero attached hydrogens (tertiary/aromatic N) is 1. The molecule has 0 aromatic heterocycles. The number of carbonyl (C=O) groups excluding carboxylic acids is 2. The molecule has 0 aliphatic heterocycles. The zero-order valence-electron chi connectivity index (χ0n) is 16.0. The normalized spacial score (nSPS) is 11.2. The number of amides is 1. The fraction of sp³-hybridized carbons (Fsp3) is 0.125. The Morgan fingerprint density at radius 1 is 0.931 bits per heavy atom. The van der Waals surface area contributed by atoms with Crippen LogP contribution in [0.1, 0.15) is 21.5 Å². The molecule has 0 spiro atoms. The summed E-state index contributed by atoms with van der Waals surface area (Å²) in [5.41, 5.74) is 3.92. The summed E-state index contributed by atoms with van der Waals surface area (Å²) in [6.07, 6.45) is 0.309. The van der Waals surface area contributed by atoms with Crippen molar-refractivity contribution in [2.75, 3.05) is 7.11 Å². The van der Waals surface area contributed by atoms with E-state index in [0.29, 0.717) is 17.5 Å². The molecule has 0 unspecified atom stereocenters. The van der Waals surface area contributed by atoms with Gasteiger partial charge < -0.3 is 10.1 Å². The van der Waals surface area contributed by atoms with Crippen LogP contribution in [0.25, 0.3) is 11.1 Å². The molecule has 1 N–H and O–H groups in total. The van der Waals surface area contributed by atoms with Crippen LogP contribution in [-0.4, -0.2) is 25.0 Å².